The number of ether oxygens (including phenoxy) is 5. The number of hydrogen-bond acceptors (Lipinski definition) is 9. The lowest BCUT2D eigenvalue weighted by Crippen LogP contribution is -2.63. The minimum absolute atomic E-state index is 0.408. The van der Waals surface area contributed by atoms with Crippen molar-refractivity contribution in [3.05, 3.63) is 42.5 Å². The number of rotatable bonds is 4. The summed E-state index contributed by atoms with van der Waals surface area (Å²) < 4.78 is 28.0. The Labute approximate surface area is 198 Å². The second-order valence-electron chi connectivity index (χ2n) is 8.37. The van der Waals surface area contributed by atoms with Crippen LogP contribution in [-0.4, -0.2) is 67.6 Å². The molecule has 34 heavy (non-hydrogen) atoms. The zero-order chi connectivity index (χ0) is 24.7. The van der Waals surface area contributed by atoms with E-state index in [2.05, 4.69) is 5.32 Å². The molecule has 0 saturated carbocycles. The van der Waals surface area contributed by atoms with E-state index in [0.717, 1.165) is 0 Å². The number of esters is 2. The molecule has 2 aliphatic rings. The van der Waals surface area contributed by atoms with Crippen LogP contribution >= 0.6 is 0 Å². The standard InChI is InChI=1S/C24H31NO9/c1-14-9-7-8-10-15(2)22(28)33-19-18(32-21(14)27)17(13-26)31-23(30-3)20(19)34-24(29)25-16-11-5-4-6-12-16/h4-8,11-12,14-15,17-20,23,26H,9-10,13H2,1-3H3,(H,25,29)/b8-7+/t14-,15-,17+,18+,19-,20-,23-/m0/s1. The van der Waals surface area contributed by atoms with Gasteiger partial charge in [-0.3, -0.25) is 14.9 Å². The van der Waals surface area contributed by atoms with Gasteiger partial charge in [0.25, 0.3) is 0 Å². The van der Waals surface area contributed by atoms with Gasteiger partial charge in [-0.15, -0.1) is 0 Å². The number of benzene rings is 1. The van der Waals surface area contributed by atoms with Gasteiger partial charge in [0.15, 0.2) is 24.6 Å². The van der Waals surface area contributed by atoms with E-state index in [1.807, 2.05) is 12.2 Å². The maximum atomic E-state index is 12.8. The Bertz CT molecular complexity index is 874. The Morgan fingerprint density at radius 1 is 1.03 bits per heavy atom. The number of aliphatic hydroxyl groups is 1. The second-order valence-corrected chi connectivity index (χ2v) is 8.37. The van der Waals surface area contributed by atoms with Crippen LogP contribution in [0.15, 0.2) is 42.5 Å². The molecule has 1 amide bonds. The number of anilines is 1. The van der Waals surface area contributed by atoms with E-state index in [0.29, 0.717) is 18.5 Å². The molecule has 186 valence electrons. The van der Waals surface area contributed by atoms with Gasteiger partial charge in [-0.1, -0.05) is 44.2 Å². The second kappa shape index (κ2) is 12.0. The predicted octanol–water partition coefficient (Wildman–Crippen LogP) is 2.41. The summed E-state index contributed by atoms with van der Waals surface area (Å²) in [5.74, 6) is -2.12. The number of para-hydroxylation sites is 1. The topological polar surface area (TPSA) is 130 Å². The Morgan fingerprint density at radius 3 is 2.18 bits per heavy atom. The van der Waals surface area contributed by atoms with E-state index in [4.69, 9.17) is 23.7 Å². The molecule has 0 aromatic heterocycles. The van der Waals surface area contributed by atoms with Crippen molar-refractivity contribution < 1.29 is 43.2 Å². The highest BCUT2D eigenvalue weighted by Crippen LogP contribution is 2.31. The number of allylic oxidation sites excluding steroid dienone is 2. The van der Waals surface area contributed by atoms with E-state index < -0.39 is 67.2 Å². The van der Waals surface area contributed by atoms with Gasteiger partial charge in [-0.2, -0.15) is 0 Å². The van der Waals surface area contributed by atoms with Gasteiger partial charge < -0.3 is 28.8 Å². The number of carbonyl (C=O) groups is 3. The first-order chi connectivity index (χ1) is 16.3. The molecule has 0 radical (unpaired) electrons. The van der Waals surface area contributed by atoms with Crippen LogP contribution in [0, 0.1) is 11.8 Å². The highest BCUT2D eigenvalue weighted by molar-refractivity contribution is 5.84. The molecule has 10 heteroatoms. The molecule has 0 spiro atoms. The summed E-state index contributed by atoms with van der Waals surface area (Å²) >= 11 is 0. The zero-order valence-electron chi connectivity index (χ0n) is 19.4. The summed E-state index contributed by atoms with van der Waals surface area (Å²) in [7, 11) is 1.32. The number of aliphatic hydroxyl groups excluding tert-OH is 1. The number of methoxy groups -OCH3 is 1. The quantitative estimate of drug-likeness (QED) is 0.381. The van der Waals surface area contributed by atoms with Crippen molar-refractivity contribution in [1.82, 2.24) is 0 Å². The fraction of sp³-hybridized carbons (Fsp3) is 0.542. The third kappa shape index (κ3) is 6.34. The number of hydrogen-bond donors (Lipinski definition) is 2. The van der Waals surface area contributed by atoms with Gasteiger partial charge >= 0.3 is 18.0 Å². The van der Waals surface area contributed by atoms with Crippen LogP contribution in [0.2, 0.25) is 0 Å². The monoisotopic (exact) mass is 477 g/mol. The Hall–Kier alpha value is -2.95. The SMILES string of the molecule is CO[C@H]1O[C@H](CO)[C@H]2OC(=O)[C@@H](C)C/C=C/C[C@H](C)C(=O)O[C@@H]2[C@@H]1OC(=O)Nc1ccccc1. The Kier molecular flexibility index (Phi) is 9.03. The van der Waals surface area contributed by atoms with Crippen molar-refractivity contribution >= 4 is 23.7 Å². The number of fused-ring (bicyclic) bond motifs is 1. The number of carbonyl (C=O) groups excluding carboxylic acids is 3. The summed E-state index contributed by atoms with van der Waals surface area (Å²) in [6.07, 6.45) is -2.41. The Morgan fingerprint density at radius 2 is 1.62 bits per heavy atom. The molecule has 1 aromatic rings. The van der Waals surface area contributed by atoms with Gasteiger partial charge in [-0.25, -0.2) is 4.79 Å². The number of nitrogens with one attached hydrogen (secondary N) is 1. The summed E-state index contributed by atoms with van der Waals surface area (Å²) in [6.45, 7) is 2.87. The van der Waals surface area contributed by atoms with Crippen molar-refractivity contribution in [2.45, 2.75) is 57.4 Å². The minimum Gasteiger partial charge on any atom is -0.455 e. The summed E-state index contributed by atoms with van der Waals surface area (Å²) in [4.78, 5) is 38.2. The van der Waals surface area contributed by atoms with Crippen LogP contribution in [0.4, 0.5) is 10.5 Å². The molecular weight excluding hydrogens is 446 g/mol. The molecule has 1 saturated heterocycles. The smallest absolute Gasteiger partial charge is 0.412 e. The van der Waals surface area contributed by atoms with Crippen molar-refractivity contribution in [3.8, 4) is 0 Å². The lowest BCUT2D eigenvalue weighted by molar-refractivity contribution is -0.299. The maximum Gasteiger partial charge on any atom is 0.412 e. The summed E-state index contributed by atoms with van der Waals surface area (Å²) in [6, 6.07) is 8.62. The summed E-state index contributed by atoms with van der Waals surface area (Å²) in [5.41, 5.74) is 0.485. The number of amides is 1. The lowest BCUT2D eigenvalue weighted by Gasteiger charge is -2.44. The maximum absolute atomic E-state index is 12.8. The molecule has 0 aliphatic carbocycles. The highest BCUT2D eigenvalue weighted by atomic mass is 16.7. The van der Waals surface area contributed by atoms with Crippen molar-refractivity contribution in [1.29, 1.82) is 0 Å². The van der Waals surface area contributed by atoms with Gasteiger partial charge in [0.1, 0.15) is 6.10 Å². The van der Waals surface area contributed by atoms with Crippen molar-refractivity contribution in [2.75, 3.05) is 19.0 Å². The van der Waals surface area contributed by atoms with Crippen LogP contribution in [0.1, 0.15) is 26.7 Å². The van der Waals surface area contributed by atoms with E-state index in [1.165, 1.54) is 7.11 Å². The molecule has 2 aliphatic heterocycles. The van der Waals surface area contributed by atoms with Crippen LogP contribution < -0.4 is 5.32 Å². The van der Waals surface area contributed by atoms with Crippen LogP contribution in [0.5, 0.6) is 0 Å². The first-order valence-electron chi connectivity index (χ1n) is 11.2. The molecule has 2 heterocycles. The Balaban J connectivity index is 1.92. The molecule has 7 atom stereocenters. The van der Waals surface area contributed by atoms with Crippen LogP contribution in [0.3, 0.4) is 0 Å². The minimum atomic E-state index is -1.28. The molecular formula is C24H31NO9. The van der Waals surface area contributed by atoms with Crippen LogP contribution in [-0.2, 0) is 33.3 Å². The first kappa shape index (κ1) is 25.7. The van der Waals surface area contributed by atoms with E-state index >= 15 is 0 Å². The average molecular weight is 478 g/mol. The van der Waals surface area contributed by atoms with Crippen LogP contribution in [0.25, 0.3) is 0 Å². The first-order valence-corrected chi connectivity index (χ1v) is 11.2. The lowest BCUT2D eigenvalue weighted by atomic mass is 9.97. The van der Waals surface area contributed by atoms with Crippen molar-refractivity contribution in [2.24, 2.45) is 11.8 Å². The zero-order valence-corrected chi connectivity index (χ0v) is 19.4. The van der Waals surface area contributed by atoms with Gasteiger partial charge in [-0.05, 0) is 25.0 Å². The van der Waals surface area contributed by atoms with Crippen molar-refractivity contribution in [3.63, 3.8) is 0 Å². The molecule has 3 rings (SSSR count). The molecule has 0 bridgehead atoms. The van der Waals surface area contributed by atoms with E-state index in [-0.39, 0.29) is 0 Å². The molecule has 10 nitrogen and oxygen atoms in total. The molecule has 1 aromatic carbocycles. The predicted molar refractivity (Wildman–Crippen MR) is 120 cm³/mol. The largest absolute Gasteiger partial charge is 0.455 e. The third-order valence-electron chi connectivity index (χ3n) is 5.72. The van der Waals surface area contributed by atoms with Gasteiger partial charge in [0, 0.05) is 12.8 Å². The molecule has 0 unspecified atom stereocenters. The fourth-order valence-electron chi connectivity index (χ4n) is 3.70. The van der Waals surface area contributed by atoms with Gasteiger partial charge in [0.05, 0.1) is 18.4 Å². The summed E-state index contributed by atoms with van der Waals surface area (Å²) in [5, 5.41) is 12.5. The highest BCUT2D eigenvalue weighted by Gasteiger charge is 2.53. The fourth-order valence-corrected chi connectivity index (χ4v) is 3.70. The average Bonchev–Trinajstić information content (AvgIpc) is 2.83. The molecule has 1 fully saturated rings. The molecule has 2 N–H and O–H groups in total. The third-order valence-corrected chi connectivity index (χ3v) is 5.72. The van der Waals surface area contributed by atoms with Gasteiger partial charge in [0.2, 0.25) is 0 Å². The van der Waals surface area contributed by atoms with E-state index in [1.54, 1.807) is 44.2 Å². The normalized spacial score (nSPS) is 33.2. The van der Waals surface area contributed by atoms with E-state index in [9.17, 15) is 19.5 Å².